The van der Waals surface area contributed by atoms with Crippen molar-refractivity contribution in [3.05, 3.63) is 41.8 Å². The predicted octanol–water partition coefficient (Wildman–Crippen LogP) is 1.80. The molecule has 1 aromatic heterocycles. The zero-order chi connectivity index (χ0) is 23.4. The summed E-state index contributed by atoms with van der Waals surface area (Å²) in [4.78, 5) is 28.4. The van der Waals surface area contributed by atoms with Crippen LogP contribution in [-0.4, -0.2) is 82.6 Å². The van der Waals surface area contributed by atoms with Gasteiger partial charge < -0.3 is 19.3 Å². The largest absolute Gasteiger partial charge is 0.484 e. The molecular formula is C22H27N3O6S2. The maximum Gasteiger partial charge on any atom is 0.273 e. The third-order valence-electron chi connectivity index (χ3n) is 5.82. The van der Waals surface area contributed by atoms with Crippen molar-refractivity contribution in [3.63, 3.8) is 0 Å². The minimum Gasteiger partial charge on any atom is -0.484 e. The molecule has 33 heavy (non-hydrogen) atoms. The van der Waals surface area contributed by atoms with Crippen molar-refractivity contribution in [2.24, 2.45) is 0 Å². The summed E-state index contributed by atoms with van der Waals surface area (Å²) in [5, 5.41) is 1.72. The molecule has 0 N–H and O–H groups in total. The van der Waals surface area contributed by atoms with E-state index in [0.717, 1.165) is 24.2 Å². The molecule has 0 radical (unpaired) electrons. The second kappa shape index (κ2) is 10.1. The molecule has 2 aliphatic heterocycles. The molecule has 0 saturated carbocycles. The normalized spacial score (nSPS) is 18.9. The van der Waals surface area contributed by atoms with Gasteiger partial charge in [-0.2, -0.15) is 0 Å². The van der Waals surface area contributed by atoms with Gasteiger partial charge in [0.25, 0.3) is 21.8 Å². The molecule has 2 aromatic rings. The minimum atomic E-state index is -3.60. The fourth-order valence-electron chi connectivity index (χ4n) is 3.82. The van der Waals surface area contributed by atoms with E-state index >= 15 is 0 Å². The van der Waals surface area contributed by atoms with E-state index in [1.807, 2.05) is 0 Å². The van der Waals surface area contributed by atoms with Crippen molar-refractivity contribution in [2.45, 2.75) is 23.2 Å². The van der Waals surface area contributed by atoms with Gasteiger partial charge in [0.05, 0.1) is 5.69 Å². The van der Waals surface area contributed by atoms with Crippen LogP contribution in [-0.2, 0) is 24.3 Å². The Morgan fingerprint density at radius 1 is 1.12 bits per heavy atom. The van der Waals surface area contributed by atoms with Crippen LogP contribution < -0.4 is 9.04 Å². The first-order valence-corrected chi connectivity index (χ1v) is 13.1. The van der Waals surface area contributed by atoms with E-state index in [1.165, 1.54) is 11.4 Å². The number of benzene rings is 1. The van der Waals surface area contributed by atoms with Crippen molar-refractivity contribution < 1.29 is 27.5 Å². The van der Waals surface area contributed by atoms with Gasteiger partial charge in [-0.05, 0) is 48.6 Å². The first kappa shape index (κ1) is 23.5. The van der Waals surface area contributed by atoms with Crippen molar-refractivity contribution >= 4 is 38.9 Å². The number of nitrogens with zero attached hydrogens (tertiary/aromatic N) is 3. The topological polar surface area (TPSA) is 96.5 Å². The highest BCUT2D eigenvalue weighted by Gasteiger charge is 2.31. The summed E-state index contributed by atoms with van der Waals surface area (Å²) < 4.78 is 37.8. The number of ether oxygens (including phenoxy) is 2. The summed E-state index contributed by atoms with van der Waals surface area (Å²) in [5.74, 6) is 0.337. The first-order chi connectivity index (χ1) is 15.9. The Morgan fingerprint density at radius 2 is 1.82 bits per heavy atom. The highest BCUT2D eigenvalue weighted by Crippen LogP contribution is 2.26. The maximum absolute atomic E-state index is 12.6. The third-order valence-corrected chi connectivity index (χ3v) is 8.98. The standard InChI is InChI=1S/C22H27N3O6S2/c1-23(33(28,29)21-5-3-15-32-21)17-6-8-18(9-7-17)31-16-20(26)24-10-12-25(13-11-24)22(27)19-4-2-14-30-19/h3,5-9,15,19H,2,4,10-14,16H2,1H3. The van der Waals surface area contributed by atoms with Gasteiger partial charge in [-0.3, -0.25) is 13.9 Å². The summed E-state index contributed by atoms with van der Waals surface area (Å²) >= 11 is 1.16. The Bertz CT molecular complexity index is 1060. The molecule has 3 heterocycles. The fourth-order valence-corrected chi connectivity index (χ4v) is 6.18. The molecule has 2 amide bonds. The molecule has 1 atom stereocenters. The smallest absolute Gasteiger partial charge is 0.273 e. The van der Waals surface area contributed by atoms with Crippen LogP contribution in [0.15, 0.2) is 46.0 Å². The number of thiophene rings is 1. The van der Waals surface area contributed by atoms with E-state index in [4.69, 9.17) is 9.47 Å². The fraction of sp³-hybridized carbons (Fsp3) is 0.455. The highest BCUT2D eigenvalue weighted by molar-refractivity contribution is 7.94. The molecule has 178 valence electrons. The van der Waals surface area contributed by atoms with Gasteiger partial charge in [0.1, 0.15) is 16.1 Å². The van der Waals surface area contributed by atoms with Gasteiger partial charge in [0, 0.05) is 39.8 Å². The number of carbonyl (C=O) groups is 2. The number of carbonyl (C=O) groups excluding carboxylic acids is 2. The number of amides is 2. The van der Waals surface area contributed by atoms with Crippen LogP contribution in [0, 0.1) is 0 Å². The van der Waals surface area contributed by atoms with Crippen LogP contribution in [0.2, 0.25) is 0 Å². The lowest BCUT2D eigenvalue weighted by Crippen LogP contribution is -2.53. The maximum atomic E-state index is 12.6. The molecule has 11 heteroatoms. The van der Waals surface area contributed by atoms with E-state index < -0.39 is 10.0 Å². The molecule has 1 aromatic carbocycles. The van der Waals surface area contributed by atoms with Crippen molar-refractivity contribution in [3.8, 4) is 5.75 Å². The number of hydrogen-bond acceptors (Lipinski definition) is 7. The molecule has 2 aliphatic rings. The number of anilines is 1. The van der Waals surface area contributed by atoms with Crippen LogP contribution in [0.25, 0.3) is 0 Å². The van der Waals surface area contributed by atoms with E-state index in [0.29, 0.717) is 44.2 Å². The van der Waals surface area contributed by atoms with E-state index in [1.54, 1.807) is 51.6 Å². The molecule has 1 unspecified atom stereocenters. The van der Waals surface area contributed by atoms with Crippen LogP contribution in [0.3, 0.4) is 0 Å². The van der Waals surface area contributed by atoms with Crippen molar-refractivity contribution in [1.82, 2.24) is 9.80 Å². The van der Waals surface area contributed by atoms with E-state index in [9.17, 15) is 18.0 Å². The summed E-state index contributed by atoms with van der Waals surface area (Å²) in [6.45, 7) is 2.42. The predicted molar refractivity (Wildman–Crippen MR) is 124 cm³/mol. The zero-order valence-electron chi connectivity index (χ0n) is 18.4. The lowest BCUT2D eigenvalue weighted by molar-refractivity contribution is -0.146. The van der Waals surface area contributed by atoms with Crippen LogP contribution >= 0.6 is 11.3 Å². The van der Waals surface area contributed by atoms with Crippen molar-refractivity contribution in [1.29, 1.82) is 0 Å². The molecular weight excluding hydrogens is 466 g/mol. The van der Waals surface area contributed by atoms with Crippen LogP contribution in [0.4, 0.5) is 5.69 Å². The Morgan fingerprint density at radius 3 is 2.42 bits per heavy atom. The molecule has 2 fully saturated rings. The summed E-state index contributed by atoms with van der Waals surface area (Å²) in [6, 6.07) is 9.82. The number of hydrogen-bond donors (Lipinski definition) is 0. The van der Waals surface area contributed by atoms with Crippen LogP contribution in [0.5, 0.6) is 5.75 Å². The van der Waals surface area contributed by atoms with E-state index in [-0.39, 0.29) is 28.7 Å². The lowest BCUT2D eigenvalue weighted by Gasteiger charge is -2.35. The van der Waals surface area contributed by atoms with Crippen molar-refractivity contribution in [2.75, 3.05) is 50.7 Å². The molecule has 0 spiro atoms. The number of piperazine rings is 1. The Kier molecular flexibility index (Phi) is 7.20. The minimum absolute atomic E-state index is 0.0157. The molecule has 9 nitrogen and oxygen atoms in total. The third kappa shape index (κ3) is 5.31. The van der Waals surface area contributed by atoms with Gasteiger partial charge in [0.2, 0.25) is 0 Å². The molecule has 0 aliphatic carbocycles. The summed E-state index contributed by atoms with van der Waals surface area (Å²) in [6.07, 6.45) is 1.34. The van der Waals surface area contributed by atoms with Gasteiger partial charge in [0.15, 0.2) is 6.61 Å². The SMILES string of the molecule is CN(c1ccc(OCC(=O)N2CCN(C(=O)C3CCCO3)CC2)cc1)S(=O)(=O)c1cccs1. The van der Waals surface area contributed by atoms with Gasteiger partial charge in [-0.15, -0.1) is 11.3 Å². The first-order valence-electron chi connectivity index (χ1n) is 10.8. The Hall–Kier alpha value is -2.63. The second-order valence-corrected chi connectivity index (χ2v) is 11.0. The average Bonchev–Trinajstić information content (AvgIpc) is 3.57. The monoisotopic (exact) mass is 493 g/mol. The molecule has 2 saturated heterocycles. The zero-order valence-corrected chi connectivity index (χ0v) is 20.0. The average molecular weight is 494 g/mol. The van der Waals surface area contributed by atoms with Gasteiger partial charge >= 0.3 is 0 Å². The second-order valence-electron chi connectivity index (χ2n) is 7.89. The van der Waals surface area contributed by atoms with E-state index in [2.05, 4.69) is 0 Å². The quantitative estimate of drug-likeness (QED) is 0.584. The van der Waals surface area contributed by atoms with Gasteiger partial charge in [-0.25, -0.2) is 8.42 Å². The van der Waals surface area contributed by atoms with Crippen LogP contribution in [0.1, 0.15) is 12.8 Å². The summed E-state index contributed by atoms with van der Waals surface area (Å²) in [5.41, 5.74) is 0.495. The highest BCUT2D eigenvalue weighted by atomic mass is 32.2. The Balaban J connectivity index is 1.26. The number of rotatable bonds is 7. The number of sulfonamides is 1. The lowest BCUT2D eigenvalue weighted by atomic mass is 10.2. The summed E-state index contributed by atoms with van der Waals surface area (Å²) in [7, 11) is -2.11. The Labute approximate surface area is 197 Å². The molecule has 0 bridgehead atoms. The molecule has 4 rings (SSSR count). The van der Waals surface area contributed by atoms with Gasteiger partial charge in [-0.1, -0.05) is 6.07 Å².